The number of phosphoric acid groups is 1. The smallest absolute Gasteiger partial charge is 0.394 e. The van der Waals surface area contributed by atoms with Crippen LogP contribution in [0, 0.1) is 0 Å². The number of rotatable bonds is 11. The van der Waals surface area contributed by atoms with Gasteiger partial charge in [0, 0.05) is 5.56 Å². The van der Waals surface area contributed by atoms with Crippen molar-refractivity contribution in [2.45, 2.75) is 42.9 Å². The summed E-state index contributed by atoms with van der Waals surface area (Å²) in [6.07, 6.45) is -10.3. The third kappa shape index (κ3) is 7.60. The molecular weight excluding hydrogens is 517 g/mol. The van der Waals surface area contributed by atoms with E-state index in [1.54, 1.807) is 30.3 Å². The van der Waals surface area contributed by atoms with Gasteiger partial charge in [-0.2, -0.15) is 0 Å². The molecule has 2 aromatic rings. The normalized spacial score (nSPS) is 26.0. The number of benzene rings is 2. The first-order chi connectivity index (χ1) is 17.4. The molecule has 0 saturated carbocycles. The molecule has 0 aliphatic carbocycles. The van der Waals surface area contributed by atoms with E-state index in [1.165, 1.54) is 0 Å². The van der Waals surface area contributed by atoms with Crippen LogP contribution in [0.4, 0.5) is 0 Å². The van der Waals surface area contributed by atoms with Gasteiger partial charge < -0.3 is 50.1 Å². The summed E-state index contributed by atoms with van der Waals surface area (Å²) in [6.45, 7) is -2.73. The fourth-order valence-corrected chi connectivity index (χ4v) is 3.97. The molecule has 0 spiro atoms. The molecule has 1 aliphatic heterocycles. The van der Waals surface area contributed by atoms with Crippen LogP contribution in [-0.2, 0) is 23.4 Å². The summed E-state index contributed by atoms with van der Waals surface area (Å²) in [7, 11) is -4.99. The lowest BCUT2D eigenvalue weighted by Gasteiger charge is -2.42. The Kier molecular flexibility index (Phi) is 9.86. The highest BCUT2D eigenvalue weighted by Crippen LogP contribution is 2.35. The highest BCUT2D eigenvalue weighted by atomic mass is 31.2. The number of aliphatic hydroxyl groups is 5. The van der Waals surface area contributed by atoms with Gasteiger partial charge in [-0.15, -0.1) is 0 Å². The number of aliphatic hydroxyl groups excluding tert-OH is 5. The summed E-state index contributed by atoms with van der Waals surface area (Å²) in [6, 6.07) is 10.7. The molecule has 7 atom stereocenters. The van der Waals surface area contributed by atoms with Gasteiger partial charge in [0.1, 0.15) is 43.2 Å². The average molecular weight is 545 g/mol. The van der Waals surface area contributed by atoms with Gasteiger partial charge in [0.15, 0.2) is 12.1 Å². The Labute approximate surface area is 210 Å². The molecule has 0 bridgehead atoms. The molecule has 2 aromatic carbocycles. The van der Waals surface area contributed by atoms with Crippen LogP contribution in [0.3, 0.4) is 0 Å². The van der Waals surface area contributed by atoms with Crippen LogP contribution >= 0.6 is 7.82 Å². The number of ether oxygens (including phenoxy) is 2. The molecule has 14 nitrogen and oxygen atoms in total. The molecule has 1 heterocycles. The topological polar surface area (TPSA) is 233 Å². The first-order valence-corrected chi connectivity index (χ1v) is 12.6. The zero-order valence-electron chi connectivity index (χ0n) is 19.2. The molecule has 1 amide bonds. The van der Waals surface area contributed by atoms with Crippen molar-refractivity contribution in [2.24, 2.45) is 0 Å². The lowest BCUT2D eigenvalue weighted by atomic mass is 9.96. The third-order valence-electron chi connectivity index (χ3n) is 5.69. The Hall–Kier alpha value is -2.33. The minimum absolute atomic E-state index is 0.217. The zero-order chi connectivity index (χ0) is 27.3. The van der Waals surface area contributed by atoms with Gasteiger partial charge in [-0.05, 0) is 22.9 Å². The van der Waals surface area contributed by atoms with E-state index >= 15 is 0 Å². The number of hydrogen-bond acceptors (Lipinski definition) is 11. The maximum Gasteiger partial charge on any atom is 0.470 e. The summed E-state index contributed by atoms with van der Waals surface area (Å²) < 4.78 is 25.5. The van der Waals surface area contributed by atoms with Crippen molar-refractivity contribution in [1.29, 1.82) is 0 Å². The van der Waals surface area contributed by atoms with Gasteiger partial charge in [0.25, 0.3) is 5.91 Å². The van der Waals surface area contributed by atoms with Gasteiger partial charge in [-0.3, -0.25) is 14.1 Å². The summed E-state index contributed by atoms with van der Waals surface area (Å²) >= 11 is 0. The van der Waals surface area contributed by atoms with E-state index in [4.69, 9.17) is 19.3 Å². The van der Waals surface area contributed by atoms with Crippen LogP contribution < -0.4 is 5.32 Å². The molecular formula is C22H28NO13P. The highest BCUT2D eigenvalue weighted by Gasteiger charge is 2.46. The Morgan fingerprint density at radius 2 is 1.73 bits per heavy atom. The van der Waals surface area contributed by atoms with Crippen LogP contribution in [0.25, 0.3) is 10.8 Å². The van der Waals surface area contributed by atoms with Gasteiger partial charge in [0.05, 0.1) is 13.2 Å². The van der Waals surface area contributed by atoms with Crippen molar-refractivity contribution in [3.8, 4) is 0 Å². The predicted octanol–water partition coefficient (Wildman–Crippen LogP) is -2.21. The van der Waals surface area contributed by atoms with Crippen molar-refractivity contribution < 1.29 is 63.5 Å². The standard InChI is InChI=1S/C22H28NO13P/c24-8-16-19(28)20(29)17(23-21(30)13-6-5-11-3-1-2-4-12(11)7-13)22(36-16)34-9-14(25)18(27)15(26)10-35-37(31,32)33/h1-7,14,16-20,22,24-25,27-29H,8-10H2,(H,23,30)(H2,31,32,33)/t14-,16-,17-,18+,19-,20-,22+/m1/s1. The number of fused-ring (bicyclic) bond motifs is 1. The van der Waals surface area contributed by atoms with Gasteiger partial charge in [-0.25, -0.2) is 4.57 Å². The molecule has 15 heteroatoms. The quantitative estimate of drug-likeness (QED) is 0.140. The molecule has 3 rings (SSSR count). The van der Waals surface area contributed by atoms with Crippen molar-refractivity contribution in [2.75, 3.05) is 19.8 Å². The molecule has 204 valence electrons. The second kappa shape index (κ2) is 12.5. The van der Waals surface area contributed by atoms with E-state index in [-0.39, 0.29) is 5.56 Å². The van der Waals surface area contributed by atoms with Gasteiger partial charge in [0.2, 0.25) is 0 Å². The van der Waals surface area contributed by atoms with E-state index in [0.717, 1.165) is 10.8 Å². The Bertz CT molecular complexity index is 1140. The molecule has 0 aromatic heterocycles. The van der Waals surface area contributed by atoms with Crippen molar-refractivity contribution in [1.82, 2.24) is 5.32 Å². The monoisotopic (exact) mass is 545 g/mol. The zero-order valence-corrected chi connectivity index (χ0v) is 20.1. The van der Waals surface area contributed by atoms with Gasteiger partial charge >= 0.3 is 7.82 Å². The molecule has 37 heavy (non-hydrogen) atoms. The Balaban J connectivity index is 1.70. The molecule has 1 saturated heterocycles. The van der Waals surface area contributed by atoms with E-state index in [2.05, 4.69) is 9.84 Å². The molecule has 8 N–H and O–H groups in total. The Morgan fingerprint density at radius 3 is 2.38 bits per heavy atom. The second-order valence-electron chi connectivity index (χ2n) is 8.34. The van der Waals surface area contributed by atoms with E-state index in [0.29, 0.717) is 0 Å². The number of carbonyl (C=O) groups excluding carboxylic acids is 2. The minimum atomic E-state index is -4.99. The van der Waals surface area contributed by atoms with E-state index in [1.807, 2.05) is 12.1 Å². The van der Waals surface area contributed by atoms with E-state index < -0.39 is 82.2 Å². The van der Waals surface area contributed by atoms with Gasteiger partial charge in [-0.1, -0.05) is 30.3 Å². The van der Waals surface area contributed by atoms with Crippen molar-refractivity contribution in [3.05, 3.63) is 48.0 Å². The summed E-state index contributed by atoms with van der Waals surface area (Å²) in [4.78, 5) is 42.0. The average Bonchev–Trinajstić information content (AvgIpc) is 2.87. The van der Waals surface area contributed by atoms with Crippen molar-refractivity contribution >= 4 is 30.3 Å². The number of amides is 1. The van der Waals surface area contributed by atoms with Crippen molar-refractivity contribution in [3.63, 3.8) is 0 Å². The second-order valence-corrected chi connectivity index (χ2v) is 9.58. The minimum Gasteiger partial charge on any atom is -0.394 e. The van der Waals surface area contributed by atoms with Crippen LogP contribution in [0.15, 0.2) is 42.5 Å². The first kappa shape index (κ1) is 29.2. The number of nitrogens with one attached hydrogen (secondary N) is 1. The number of hydrogen-bond donors (Lipinski definition) is 8. The molecule has 1 fully saturated rings. The van der Waals surface area contributed by atoms with Crippen LogP contribution in [0.2, 0.25) is 0 Å². The summed E-state index contributed by atoms with van der Waals surface area (Å²) in [5.74, 6) is -1.92. The Morgan fingerprint density at radius 1 is 1.05 bits per heavy atom. The number of phosphoric ester groups is 1. The first-order valence-electron chi connectivity index (χ1n) is 11.0. The van der Waals surface area contributed by atoms with Crippen LogP contribution in [0.5, 0.6) is 0 Å². The highest BCUT2D eigenvalue weighted by molar-refractivity contribution is 7.46. The molecule has 0 unspecified atom stereocenters. The van der Waals surface area contributed by atoms with E-state index in [9.17, 15) is 39.7 Å². The number of ketones is 1. The largest absolute Gasteiger partial charge is 0.470 e. The molecule has 0 radical (unpaired) electrons. The molecule has 1 aliphatic rings. The van der Waals surface area contributed by atoms with Crippen LogP contribution in [0.1, 0.15) is 10.4 Å². The lowest BCUT2D eigenvalue weighted by Crippen LogP contribution is -2.65. The SMILES string of the molecule is O=C(N[C@H]1[C@@H](OC[C@@H](O)[C@H](O)C(=O)COP(=O)(O)O)O[C@H](CO)[C@@H](O)[C@@H]1O)c1ccc2ccccc2c1. The lowest BCUT2D eigenvalue weighted by molar-refractivity contribution is -0.275. The fraction of sp³-hybridized carbons (Fsp3) is 0.455. The maximum absolute atomic E-state index is 12.9. The number of Topliss-reactive ketones (excluding diaryl/α,β-unsaturated/α-hetero) is 1. The van der Waals surface area contributed by atoms with Crippen LogP contribution in [-0.4, -0.2) is 110 Å². The predicted molar refractivity (Wildman–Crippen MR) is 124 cm³/mol. The fourth-order valence-electron chi connectivity index (χ4n) is 3.68. The number of carbonyl (C=O) groups is 2. The summed E-state index contributed by atoms with van der Waals surface area (Å²) in [5.41, 5.74) is 0.217. The third-order valence-corrected chi connectivity index (χ3v) is 6.16. The summed E-state index contributed by atoms with van der Waals surface area (Å²) in [5, 5.41) is 54.4. The maximum atomic E-state index is 12.9.